The highest BCUT2D eigenvalue weighted by Gasteiger charge is 2.24. The number of allylic oxidation sites excluding steroid dienone is 1. The molecule has 0 aliphatic carbocycles. The number of carbonyl (C=O) groups excluding carboxylic acids is 1. The normalized spacial score (nSPS) is 16.6. The highest BCUT2D eigenvalue weighted by Crippen LogP contribution is 2.29. The summed E-state index contributed by atoms with van der Waals surface area (Å²) in [5.74, 6) is -0.316. The van der Waals surface area contributed by atoms with Crippen LogP contribution in [-0.4, -0.2) is 12.1 Å². The summed E-state index contributed by atoms with van der Waals surface area (Å²) in [5.41, 5.74) is 3.30. The van der Waals surface area contributed by atoms with Gasteiger partial charge in [0, 0.05) is 24.4 Å². The Labute approximate surface area is 121 Å². The van der Waals surface area contributed by atoms with Crippen molar-refractivity contribution in [3.8, 4) is 0 Å². The quantitative estimate of drug-likeness (QED) is 0.824. The van der Waals surface area contributed by atoms with Crippen LogP contribution in [0.2, 0.25) is 0 Å². The van der Waals surface area contributed by atoms with Gasteiger partial charge in [-0.2, -0.15) is 5.11 Å². The smallest absolute Gasteiger partial charge is 0.265 e. The molecule has 0 atom stereocenters. The zero-order valence-corrected chi connectivity index (χ0v) is 11.2. The van der Waals surface area contributed by atoms with E-state index < -0.39 is 0 Å². The fraction of sp³-hybridized carbons (Fsp3) is 0.0588. The number of rotatable bonds is 2. The minimum Gasteiger partial charge on any atom is -0.265 e. The molecule has 4 nitrogen and oxygen atoms in total. The largest absolute Gasteiger partial charge is 0.297 e. The van der Waals surface area contributed by atoms with Gasteiger partial charge in [0.1, 0.15) is 0 Å². The highest BCUT2D eigenvalue weighted by molar-refractivity contribution is 6.09. The third kappa shape index (κ3) is 1.92. The maximum atomic E-state index is 11.6. The number of benzene rings is 2. The number of aliphatic imine (C=N–C) groups is 1. The van der Waals surface area contributed by atoms with E-state index in [0.717, 1.165) is 11.3 Å². The summed E-state index contributed by atoms with van der Waals surface area (Å²) >= 11 is 0. The summed E-state index contributed by atoms with van der Waals surface area (Å²) in [6, 6.07) is 14.4. The van der Waals surface area contributed by atoms with E-state index >= 15 is 0 Å². The Bertz CT molecular complexity index is 883. The fourth-order valence-corrected chi connectivity index (χ4v) is 2.70. The van der Waals surface area contributed by atoms with E-state index in [2.05, 4.69) is 39.5 Å². The zero-order chi connectivity index (χ0) is 14.2. The van der Waals surface area contributed by atoms with Gasteiger partial charge < -0.3 is 0 Å². The van der Waals surface area contributed by atoms with Crippen LogP contribution in [0.5, 0.6) is 0 Å². The Hall–Kier alpha value is -2.88. The van der Waals surface area contributed by atoms with E-state index in [1.807, 2.05) is 18.2 Å². The van der Waals surface area contributed by atoms with Gasteiger partial charge in [0.15, 0.2) is 0 Å². The molecular formula is C17H11N3O. The van der Waals surface area contributed by atoms with Gasteiger partial charge in [-0.05, 0) is 16.3 Å². The first-order valence-electron chi connectivity index (χ1n) is 6.72. The summed E-state index contributed by atoms with van der Waals surface area (Å²) in [4.78, 5) is 15.7. The Morgan fingerprint density at radius 3 is 2.76 bits per heavy atom. The van der Waals surface area contributed by atoms with Crippen molar-refractivity contribution in [3.63, 3.8) is 0 Å². The van der Waals surface area contributed by atoms with Gasteiger partial charge in [0.2, 0.25) is 0 Å². The Kier molecular flexibility index (Phi) is 2.60. The van der Waals surface area contributed by atoms with E-state index in [9.17, 15) is 4.79 Å². The van der Waals surface area contributed by atoms with Gasteiger partial charge in [-0.3, -0.25) is 9.79 Å². The number of carbonyl (C=O) groups is 1. The summed E-state index contributed by atoms with van der Waals surface area (Å²) in [7, 11) is 0. The van der Waals surface area contributed by atoms with Gasteiger partial charge >= 0.3 is 0 Å². The average molecular weight is 273 g/mol. The molecule has 4 heteroatoms. The standard InChI is InChI=1S/C17H11N3O/c21-17-15-10-18-9-14(15)16(19-20-17)8-12-6-3-5-11-4-1-2-7-13(11)12/h1-7,9-10H,8H2. The van der Waals surface area contributed by atoms with Gasteiger partial charge in [0.25, 0.3) is 5.91 Å². The molecule has 4 rings (SSSR count). The molecule has 21 heavy (non-hydrogen) atoms. The third-order valence-electron chi connectivity index (χ3n) is 3.74. The Morgan fingerprint density at radius 2 is 1.81 bits per heavy atom. The number of amides is 1. The molecule has 0 saturated heterocycles. The lowest BCUT2D eigenvalue weighted by Crippen LogP contribution is -2.08. The van der Waals surface area contributed by atoms with Crippen molar-refractivity contribution in [1.29, 1.82) is 0 Å². The van der Waals surface area contributed by atoms with Crippen LogP contribution in [0.4, 0.5) is 0 Å². The first kappa shape index (κ1) is 11.9. The second-order valence-electron chi connectivity index (χ2n) is 5.00. The Morgan fingerprint density at radius 1 is 0.952 bits per heavy atom. The first-order chi connectivity index (χ1) is 10.3. The van der Waals surface area contributed by atoms with Gasteiger partial charge in [-0.25, -0.2) is 0 Å². The maximum Gasteiger partial charge on any atom is 0.297 e. The van der Waals surface area contributed by atoms with E-state index in [1.165, 1.54) is 16.3 Å². The number of azo groups is 1. The van der Waals surface area contributed by atoms with Gasteiger partial charge in [-0.1, -0.05) is 42.5 Å². The summed E-state index contributed by atoms with van der Waals surface area (Å²) in [5, 5.41) is 10.2. The van der Waals surface area contributed by atoms with Crippen molar-refractivity contribution < 1.29 is 4.79 Å². The molecule has 0 fully saturated rings. The molecular weight excluding hydrogens is 262 g/mol. The van der Waals surface area contributed by atoms with Crippen molar-refractivity contribution in [1.82, 2.24) is 0 Å². The van der Waals surface area contributed by atoms with Crippen LogP contribution in [-0.2, 0) is 11.2 Å². The summed E-state index contributed by atoms with van der Waals surface area (Å²) < 4.78 is 0. The number of fused-ring (bicyclic) bond motifs is 2. The van der Waals surface area contributed by atoms with Crippen molar-refractivity contribution in [3.05, 3.63) is 71.1 Å². The van der Waals surface area contributed by atoms with Crippen molar-refractivity contribution >= 4 is 22.9 Å². The predicted octanol–water partition coefficient (Wildman–Crippen LogP) is 3.60. The van der Waals surface area contributed by atoms with Crippen LogP contribution in [0.25, 0.3) is 10.8 Å². The lowest BCUT2D eigenvalue weighted by atomic mass is 9.97. The second kappa shape index (κ2) is 4.59. The van der Waals surface area contributed by atoms with Crippen LogP contribution >= 0.6 is 0 Å². The number of hydrogen-bond acceptors (Lipinski definition) is 3. The van der Waals surface area contributed by atoms with Crippen LogP contribution in [0.3, 0.4) is 0 Å². The molecule has 0 unspecified atom stereocenters. The van der Waals surface area contributed by atoms with Gasteiger partial charge in [-0.15, -0.1) is 5.11 Å². The fourth-order valence-electron chi connectivity index (χ4n) is 2.70. The summed E-state index contributed by atoms with van der Waals surface area (Å²) in [6.45, 7) is 0. The lowest BCUT2D eigenvalue weighted by Gasteiger charge is -2.11. The first-order valence-corrected chi connectivity index (χ1v) is 6.72. The van der Waals surface area contributed by atoms with Crippen LogP contribution < -0.4 is 0 Å². The van der Waals surface area contributed by atoms with E-state index in [-0.39, 0.29) is 5.91 Å². The molecule has 2 heterocycles. The molecule has 1 amide bonds. The molecule has 0 radical (unpaired) electrons. The third-order valence-corrected chi connectivity index (χ3v) is 3.74. The highest BCUT2D eigenvalue weighted by atomic mass is 16.1. The second-order valence-corrected chi connectivity index (χ2v) is 5.00. The molecule has 2 aliphatic heterocycles. The predicted molar refractivity (Wildman–Crippen MR) is 81.1 cm³/mol. The molecule has 2 aliphatic rings. The lowest BCUT2D eigenvalue weighted by molar-refractivity contribution is -0.114. The molecule has 0 spiro atoms. The molecule has 0 bridgehead atoms. The minimum absolute atomic E-state index is 0.316. The number of hydrogen-bond donors (Lipinski definition) is 0. The molecule has 100 valence electrons. The average Bonchev–Trinajstić information content (AvgIpc) is 3.01. The van der Waals surface area contributed by atoms with Crippen molar-refractivity contribution in [2.45, 2.75) is 6.42 Å². The molecule has 2 aromatic rings. The Balaban J connectivity index is 1.81. The van der Waals surface area contributed by atoms with E-state index in [1.54, 1.807) is 12.4 Å². The van der Waals surface area contributed by atoms with Crippen LogP contribution in [0.1, 0.15) is 5.56 Å². The number of nitrogens with zero attached hydrogens (tertiary/aromatic N) is 3. The molecule has 2 aromatic carbocycles. The SMILES string of the molecule is O=C1N=NC(Cc2cccc3ccccc23)=C2C=NC=C12. The van der Waals surface area contributed by atoms with E-state index in [4.69, 9.17) is 0 Å². The van der Waals surface area contributed by atoms with Crippen molar-refractivity contribution in [2.24, 2.45) is 15.2 Å². The van der Waals surface area contributed by atoms with Crippen LogP contribution in [0, 0.1) is 0 Å². The zero-order valence-electron chi connectivity index (χ0n) is 11.2. The summed E-state index contributed by atoms with van der Waals surface area (Å²) in [6.07, 6.45) is 3.88. The van der Waals surface area contributed by atoms with Crippen LogP contribution in [0.15, 0.2) is 80.7 Å². The van der Waals surface area contributed by atoms with E-state index in [0.29, 0.717) is 12.0 Å². The molecule has 0 saturated carbocycles. The minimum atomic E-state index is -0.316. The van der Waals surface area contributed by atoms with Crippen molar-refractivity contribution in [2.75, 3.05) is 0 Å². The molecule has 0 N–H and O–H groups in total. The topological polar surface area (TPSA) is 54.1 Å². The monoisotopic (exact) mass is 273 g/mol. The molecule has 0 aromatic heterocycles. The van der Waals surface area contributed by atoms with Gasteiger partial charge in [0.05, 0.1) is 11.3 Å². The maximum absolute atomic E-state index is 11.6.